The van der Waals surface area contributed by atoms with Crippen molar-refractivity contribution in [3.05, 3.63) is 93.0 Å². The lowest BCUT2D eigenvalue weighted by Crippen LogP contribution is -2.24. The number of hydrogen-bond donors (Lipinski definition) is 1. The van der Waals surface area contributed by atoms with E-state index >= 15 is 0 Å². The quantitative estimate of drug-likeness (QED) is 0.473. The minimum absolute atomic E-state index is 0.168. The molecule has 1 aliphatic carbocycles. The molecular weight excluding hydrogens is 415 g/mol. The van der Waals surface area contributed by atoms with E-state index in [4.69, 9.17) is 28.5 Å². The van der Waals surface area contributed by atoms with Crippen molar-refractivity contribution in [3.8, 4) is 17.2 Å². The Morgan fingerprint density at radius 3 is 2.67 bits per heavy atom. The fraction of sp³-hybridized carbons (Fsp3) is 0.200. The van der Waals surface area contributed by atoms with Crippen LogP contribution in [0.5, 0.6) is 0 Å². The summed E-state index contributed by atoms with van der Waals surface area (Å²) in [6.07, 6.45) is 2.33. The van der Waals surface area contributed by atoms with Crippen LogP contribution >= 0.6 is 23.2 Å². The summed E-state index contributed by atoms with van der Waals surface area (Å²) in [6.45, 7) is 0.349. The molecule has 0 aromatic heterocycles. The predicted molar refractivity (Wildman–Crippen MR) is 121 cm³/mol. The zero-order valence-electron chi connectivity index (χ0n) is 16.3. The molecule has 0 heterocycles. The van der Waals surface area contributed by atoms with Crippen LogP contribution in [0.1, 0.15) is 45.8 Å². The molecule has 4 rings (SSSR count). The minimum atomic E-state index is -0.168. The second-order valence-electron chi connectivity index (χ2n) is 7.42. The molecule has 1 unspecified atom stereocenters. The molecule has 1 atom stereocenters. The Kier molecular flexibility index (Phi) is 6.08. The summed E-state index contributed by atoms with van der Waals surface area (Å²) in [4.78, 5) is 12.3. The van der Waals surface area contributed by atoms with Gasteiger partial charge in [0.1, 0.15) is 0 Å². The van der Waals surface area contributed by atoms with Gasteiger partial charge in [0.25, 0.3) is 5.91 Å². The Hall–Kier alpha value is -2.80. The zero-order chi connectivity index (χ0) is 21.1. The highest BCUT2D eigenvalue weighted by Gasteiger charge is 2.26. The van der Waals surface area contributed by atoms with Crippen molar-refractivity contribution in [1.82, 2.24) is 5.32 Å². The molecule has 1 amide bonds. The summed E-state index contributed by atoms with van der Waals surface area (Å²) in [6, 6.07) is 21.8. The lowest BCUT2D eigenvalue weighted by Gasteiger charge is -2.16. The number of amides is 1. The Morgan fingerprint density at radius 1 is 1.03 bits per heavy atom. The van der Waals surface area contributed by atoms with E-state index in [2.05, 4.69) is 23.5 Å². The largest absolute Gasteiger partial charge is 0.351 e. The number of aryl methyl sites for hydroxylation is 1. The zero-order valence-corrected chi connectivity index (χ0v) is 17.8. The highest BCUT2D eigenvalue weighted by Crippen LogP contribution is 2.42. The molecule has 0 spiro atoms. The van der Waals surface area contributed by atoms with Crippen molar-refractivity contribution in [2.45, 2.75) is 25.2 Å². The number of nitrogens with zero attached hydrogens (tertiary/aromatic N) is 1. The maximum Gasteiger partial charge on any atom is 0.251 e. The Labute approximate surface area is 186 Å². The van der Waals surface area contributed by atoms with Crippen LogP contribution in [0.15, 0.2) is 60.7 Å². The van der Waals surface area contributed by atoms with E-state index in [1.807, 2.05) is 36.4 Å². The molecule has 0 bridgehead atoms. The van der Waals surface area contributed by atoms with Crippen molar-refractivity contribution < 1.29 is 4.79 Å². The van der Waals surface area contributed by atoms with Crippen molar-refractivity contribution in [1.29, 1.82) is 5.26 Å². The predicted octanol–water partition coefficient (Wildman–Crippen LogP) is 6.38. The van der Waals surface area contributed by atoms with Crippen LogP contribution in [0, 0.1) is 11.3 Å². The average Bonchev–Trinajstić information content (AvgIpc) is 3.17. The Morgan fingerprint density at radius 2 is 1.87 bits per heavy atom. The molecular formula is C25H20Cl2N2O. The second-order valence-corrected chi connectivity index (χ2v) is 8.26. The molecule has 150 valence electrons. The van der Waals surface area contributed by atoms with Gasteiger partial charge in [0, 0.05) is 28.1 Å². The summed E-state index contributed by atoms with van der Waals surface area (Å²) in [5.41, 5.74) is 6.35. The third-order valence-electron chi connectivity index (χ3n) is 5.54. The topological polar surface area (TPSA) is 52.9 Å². The molecule has 0 radical (unpaired) electrons. The maximum absolute atomic E-state index is 12.3. The highest BCUT2D eigenvalue weighted by molar-refractivity contribution is 6.35. The third kappa shape index (κ3) is 4.21. The minimum Gasteiger partial charge on any atom is -0.351 e. The number of halogens is 2. The SMILES string of the molecule is N#CCCNC(=O)c1cccc(-c2ccc3c(c2)C(c2ccc(Cl)cc2Cl)CC3)c1. The van der Waals surface area contributed by atoms with E-state index < -0.39 is 0 Å². The van der Waals surface area contributed by atoms with Crippen LogP contribution in [0.4, 0.5) is 0 Å². The van der Waals surface area contributed by atoms with Crippen molar-refractivity contribution in [2.75, 3.05) is 6.54 Å². The summed E-state index contributed by atoms with van der Waals surface area (Å²) in [5.74, 6) is 0.0706. The van der Waals surface area contributed by atoms with Crippen LogP contribution in [-0.2, 0) is 6.42 Å². The Balaban J connectivity index is 1.64. The van der Waals surface area contributed by atoms with E-state index in [0.717, 1.165) is 29.5 Å². The van der Waals surface area contributed by atoms with Gasteiger partial charge in [-0.3, -0.25) is 4.79 Å². The van der Waals surface area contributed by atoms with Gasteiger partial charge in [0.15, 0.2) is 0 Å². The summed E-state index contributed by atoms with van der Waals surface area (Å²) < 4.78 is 0. The summed E-state index contributed by atoms with van der Waals surface area (Å²) in [5, 5.41) is 12.7. The molecule has 0 aliphatic heterocycles. The van der Waals surface area contributed by atoms with Crippen LogP contribution in [0.25, 0.3) is 11.1 Å². The van der Waals surface area contributed by atoms with Crippen LogP contribution in [0.3, 0.4) is 0 Å². The number of carbonyl (C=O) groups is 1. The highest BCUT2D eigenvalue weighted by atomic mass is 35.5. The van der Waals surface area contributed by atoms with E-state index in [0.29, 0.717) is 28.6 Å². The normalized spacial score (nSPS) is 14.8. The first-order valence-corrected chi connectivity index (χ1v) is 10.7. The van der Waals surface area contributed by atoms with Crippen molar-refractivity contribution in [2.24, 2.45) is 0 Å². The fourth-order valence-corrected chi connectivity index (χ4v) is 4.60. The molecule has 1 aliphatic rings. The molecule has 0 fully saturated rings. The molecule has 0 saturated carbocycles. The number of fused-ring (bicyclic) bond motifs is 1. The molecule has 3 aromatic rings. The van der Waals surface area contributed by atoms with E-state index in [-0.39, 0.29) is 11.8 Å². The number of hydrogen-bond acceptors (Lipinski definition) is 2. The van der Waals surface area contributed by atoms with Gasteiger partial charge in [0.2, 0.25) is 0 Å². The molecule has 3 nitrogen and oxygen atoms in total. The smallest absolute Gasteiger partial charge is 0.251 e. The van der Waals surface area contributed by atoms with Gasteiger partial charge in [-0.15, -0.1) is 0 Å². The van der Waals surface area contributed by atoms with Gasteiger partial charge in [0.05, 0.1) is 12.5 Å². The molecule has 30 heavy (non-hydrogen) atoms. The van der Waals surface area contributed by atoms with Gasteiger partial charge in [-0.2, -0.15) is 5.26 Å². The third-order valence-corrected chi connectivity index (χ3v) is 6.10. The number of nitrogens with one attached hydrogen (secondary N) is 1. The maximum atomic E-state index is 12.3. The first kappa shape index (κ1) is 20.5. The van der Waals surface area contributed by atoms with E-state index in [9.17, 15) is 4.79 Å². The lowest BCUT2D eigenvalue weighted by atomic mass is 9.90. The summed E-state index contributed by atoms with van der Waals surface area (Å²) >= 11 is 12.6. The average molecular weight is 435 g/mol. The number of carbonyl (C=O) groups excluding carboxylic acids is 1. The second kappa shape index (κ2) is 8.92. The monoisotopic (exact) mass is 434 g/mol. The molecule has 1 N–H and O–H groups in total. The van der Waals surface area contributed by atoms with Gasteiger partial charge in [-0.05, 0) is 64.9 Å². The number of rotatable bonds is 5. The van der Waals surface area contributed by atoms with Gasteiger partial charge in [-0.25, -0.2) is 0 Å². The summed E-state index contributed by atoms with van der Waals surface area (Å²) in [7, 11) is 0. The first-order chi connectivity index (χ1) is 14.6. The van der Waals surface area contributed by atoms with Crippen molar-refractivity contribution >= 4 is 29.1 Å². The lowest BCUT2D eigenvalue weighted by molar-refractivity contribution is 0.0954. The van der Waals surface area contributed by atoms with Crippen molar-refractivity contribution in [3.63, 3.8) is 0 Å². The van der Waals surface area contributed by atoms with E-state index in [1.165, 1.54) is 11.1 Å². The number of nitriles is 1. The van der Waals surface area contributed by atoms with Gasteiger partial charge < -0.3 is 5.32 Å². The first-order valence-electron chi connectivity index (χ1n) is 9.90. The standard InChI is InChI=1S/C25H20Cl2N2O/c26-20-8-10-22(24(27)15-20)21-9-7-16-5-6-18(14-23(16)21)17-3-1-4-19(13-17)25(30)29-12-2-11-28/h1,3-6,8,10,13-15,21H,2,7,9,12H2,(H,29,30). The van der Waals surface area contributed by atoms with Gasteiger partial charge >= 0.3 is 0 Å². The van der Waals surface area contributed by atoms with E-state index in [1.54, 1.807) is 12.1 Å². The van der Waals surface area contributed by atoms with Crippen LogP contribution in [0.2, 0.25) is 10.0 Å². The molecule has 0 saturated heterocycles. The number of benzene rings is 3. The van der Waals surface area contributed by atoms with Gasteiger partial charge in [-0.1, -0.05) is 59.6 Å². The molecule has 5 heteroatoms. The fourth-order valence-electron chi connectivity index (χ4n) is 4.06. The molecule has 3 aromatic carbocycles. The van der Waals surface area contributed by atoms with Crippen LogP contribution in [-0.4, -0.2) is 12.5 Å². The Bertz CT molecular complexity index is 1150. The van der Waals surface area contributed by atoms with Crippen LogP contribution < -0.4 is 5.32 Å².